The number of carbonyl (C=O) groups is 2. The average molecular weight is 398 g/mol. The fraction of sp³-hybridized carbons (Fsp3) is 0.364. The number of nitrogens with zero attached hydrogens (tertiary/aromatic N) is 1. The van der Waals surface area contributed by atoms with Gasteiger partial charge in [0.2, 0.25) is 5.91 Å². The number of likely N-dealkylation sites (tertiary alicyclic amines) is 1. The van der Waals surface area contributed by atoms with Crippen LogP contribution in [-0.4, -0.2) is 29.8 Å². The first-order valence-electron chi connectivity index (χ1n) is 9.74. The second-order valence-electron chi connectivity index (χ2n) is 7.52. The minimum atomic E-state index is -0.166. The molecule has 0 aliphatic carbocycles. The lowest BCUT2D eigenvalue weighted by atomic mass is 9.96. The van der Waals surface area contributed by atoms with Gasteiger partial charge in [0.05, 0.1) is 5.92 Å². The molecule has 6 heteroatoms. The van der Waals surface area contributed by atoms with Crippen molar-refractivity contribution in [3.05, 3.63) is 69.7 Å². The van der Waals surface area contributed by atoms with Crippen molar-refractivity contribution < 1.29 is 9.59 Å². The van der Waals surface area contributed by atoms with Gasteiger partial charge in [-0.15, -0.1) is 0 Å². The molecule has 2 aliphatic rings. The first-order chi connectivity index (χ1) is 13.6. The van der Waals surface area contributed by atoms with Crippen LogP contribution in [0.3, 0.4) is 0 Å². The third-order valence-corrected chi connectivity index (χ3v) is 5.79. The van der Waals surface area contributed by atoms with Crippen molar-refractivity contribution in [1.29, 1.82) is 0 Å². The summed E-state index contributed by atoms with van der Waals surface area (Å²) in [6, 6.07) is 13.3. The van der Waals surface area contributed by atoms with Gasteiger partial charge in [0.25, 0.3) is 5.91 Å². The summed E-state index contributed by atoms with van der Waals surface area (Å²) < 4.78 is 0. The Morgan fingerprint density at radius 1 is 1.11 bits per heavy atom. The number of hydrogen-bond donors (Lipinski definition) is 2. The van der Waals surface area contributed by atoms with Gasteiger partial charge in [-0.3, -0.25) is 9.59 Å². The van der Waals surface area contributed by atoms with Crippen LogP contribution < -0.4 is 10.6 Å². The van der Waals surface area contributed by atoms with E-state index >= 15 is 0 Å². The van der Waals surface area contributed by atoms with Crippen LogP contribution in [0.4, 0.5) is 0 Å². The summed E-state index contributed by atoms with van der Waals surface area (Å²) in [4.78, 5) is 27.2. The van der Waals surface area contributed by atoms with E-state index in [1.807, 2.05) is 0 Å². The van der Waals surface area contributed by atoms with Crippen LogP contribution in [0.1, 0.15) is 39.9 Å². The van der Waals surface area contributed by atoms with Gasteiger partial charge in [-0.1, -0.05) is 29.8 Å². The molecule has 0 spiro atoms. The van der Waals surface area contributed by atoms with Crippen LogP contribution in [0.25, 0.3) is 0 Å². The molecule has 0 bridgehead atoms. The lowest BCUT2D eigenvalue weighted by Gasteiger charge is -2.32. The Morgan fingerprint density at radius 3 is 2.71 bits per heavy atom. The standard InChI is InChI=1S/C22H24ClN3O2/c23-20-7-5-16(6-8-20)22(28)26-9-1-2-18(14-26)21(27)25-11-15-3-4-17-12-24-13-19(17)10-15/h3-8,10,18,24H,1-2,9,11-14H2,(H,25,27). The summed E-state index contributed by atoms with van der Waals surface area (Å²) in [5.41, 5.74) is 4.36. The molecule has 1 atom stereocenters. The van der Waals surface area contributed by atoms with Crippen LogP contribution in [0.5, 0.6) is 0 Å². The molecule has 0 radical (unpaired) electrons. The molecule has 2 aromatic rings. The van der Waals surface area contributed by atoms with Crippen LogP contribution in [0.2, 0.25) is 5.02 Å². The first-order valence-corrected chi connectivity index (χ1v) is 10.1. The Morgan fingerprint density at radius 2 is 1.89 bits per heavy atom. The number of nitrogens with one attached hydrogen (secondary N) is 2. The number of benzene rings is 2. The largest absolute Gasteiger partial charge is 0.352 e. The molecule has 28 heavy (non-hydrogen) atoms. The Bertz CT molecular complexity index is 882. The number of amides is 2. The molecule has 1 unspecified atom stereocenters. The Hall–Kier alpha value is -2.37. The minimum Gasteiger partial charge on any atom is -0.352 e. The second-order valence-corrected chi connectivity index (χ2v) is 7.96. The predicted octanol–water partition coefficient (Wildman–Crippen LogP) is 3.11. The zero-order valence-electron chi connectivity index (χ0n) is 15.7. The molecule has 2 aliphatic heterocycles. The maximum absolute atomic E-state index is 12.7. The normalized spacial score (nSPS) is 18.6. The maximum Gasteiger partial charge on any atom is 0.253 e. The Labute approximate surface area is 170 Å². The molecular formula is C22H24ClN3O2. The summed E-state index contributed by atoms with van der Waals surface area (Å²) in [6.07, 6.45) is 1.65. The lowest BCUT2D eigenvalue weighted by Crippen LogP contribution is -2.45. The van der Waals surface area contributed by atoms with Gasteiger partial charge in [-0.2, -0.15) is 0 Å². The predicted molar refractivity (Wildman–Crippen MR) is 109 cm³/mol. The third kappa shape index (κ3) is 4.21. The van der Waals surface area contributed by atoms with Crippen LogP contribution in [-0.2, 0) is 24.4 Å². The van der Waals surface area contributed by atoms with E-state index in [2.05, 4.69) is 28.8 Å². The van der Waals surface area contributed by atoms with Crippen LogP contribution in [0, 0.1) is 5.92 Å². The third-order valence-electron chi connectivity index (χ3n) is 5.54. The molecule has 2 N–H and O–H groups in total. The fourth-order valence-electron chi connectivity index (χ4n) is 3.94. The van der Waals surface area contributed by atoms with Gasteiger partial charge in [-0.25, -0.2) is 0 Å². The van der Waals surface area contributed by atoms with E-state index in [0.717, 1.165) is 31.5 Å². The molecule has 2 heterocycles. The van der Waals surface area contributed by atoms with Gasteiger partial charge >= 0.3 is 0 Å². The van der Waals surface area contributed by atoms with Crippen molar-refractivity contribution >= 4 is 23.4 Å². The number of halogens is 1. The average Bonchev–Trinajstić information content (AvgIpc) is 3.20. The molecule has 1 fully saturated rings. The minimum absolute atomic E-state index is 0.0206. The van der Waals surface area contributed by atoms with Crippen molar-refractivity contribution in [2.45, 2.75) is 32.5 Å². The monoisotopic (exact) mass is 397 g/mol. The summed E-state index contributed by atoms with van der Waals surface area (Å²) in [7, 11) is 0. The van der Waals surface area contributed by atoms with E-state index in [9.17, 15) is 9.59 Å². The lowest BCUT2D eigenvalue weighted by molar-refractivity contribution is -0.126. The second kappa shape index (κ2) is 8.33. The molecule has 2 aromatic carbocycles. The zero-order chi connectivity index (χ0) is 19.5. The SMILES string of the molecule is O=C(NCc1ccc2c(c1)CNC2)C1CCCN(C(=O)c2ccc(Cl)cc2)C1. The van der Waals surface area contributed by atoms with Gasteiger partial charge in [-0.05, 0) is 53.8 Å². The number of carbonyl (C=O) groups excluding carboxylic acids is 2. The van der Waals surface area contributed by atoms with E-state index in [-0.39, 0.29) is 17.7 Å². The van der Waals surface area contributed by atoms with Crippen molar-refractivity contribution in [2.24, 2.45) is 5.92 Å². The summed E-state index contributed by atoms with van der Waals surface area (Å²) >= 11 is 5.90. The van der Waals surface area contributed by atoms with Crippen molar-refractivity contribution in [3.8, 4) is 0 Å². The molecule has 4 rings (SSSR count). The van der Waals surface area contributed by atoms with Crippen LogP contribution >= 0.6 is 11.6 Å². The van der Waals surface area contributed by atoms with Gasteiger partial charge in [0, 0.05) is 43.3 Å². The number of hydrogen-bond acceptors (Lipinski definition) is 3. The highest BCUT2D eigenvalue weighted by atomic mass is 35.5. The maximum atomic E-state index is 12.7. The topological polar surface area (TPSA) is 61.4 Å². The molecule has 0 aromatic heterocycles. The summed E-state index contributed by atoms with van der Waals surface area (Å²) in [5.74, 6) is -0.186. The quantitative estimate of drug-likeness (QED) is 0.833. The molecular weight excluding hydrogens is 374 g/mol. The summed E-state index contributed by atoms with van der Waals surface area (Å²) in [5, 5.41) is 6.99. The van der Waals surface area contributed by atoms with Crippen LogP contribution in [0.15, 0.2) is 42.5 Å². The highest BCUT2D eigenvalue weighted by molar-refractivity contribution is 6.30. The van der Waals surface area contributed by atoms with E-state index in [1.54, 1.807) is 29.2 Å². The van der Waals surface area contributed by atoms with E-state index in [0.29, 0.717) is 30.2 Å². The first kappa shape index (κ1) is 19.0. The highest BCUT2D eigenvalue weighted by Crippen LogP contribution is 2.21. The molecule has 0 saturated carbocycles. The van der Waals surface area contributed by atoms with E-state index in [1.165, 1.54) is 11.1 Å². The van der Waals surface area contributed by atoms with Gasteiger partial charge < -0.3 is 15.5 Å². The zero-order valence-corrected chi connectivity index (χ0v) is 16.5. The molecule has 5 nitrogen and oxygen atoms in total. The summed E-state index contributed by atoms with van der Waals surface area (Å²) in [6.45, 7) is 3.47. The van der Waals surface area contributed by atoms with Crippen molar-refractivity contribution in [2.75, 3.05) is 13.1 Å². The molecule has 146 valence electrons. The van der Waals surface area contributed by atoms with E-state index < -0.39 is 0 Å². The van der Waals surface area contributed by atoms with Crippen molar-refractivity contribution in [3.63, 3.8) is 0 Å². The van der Waals surface area contributed by atoms with Crippen molar-refractivity contribution in [1.82, 2.24) is 15.5 Å². The van der Waals surface area contributed by atoms with Gasteiger partial charge in [0.15, 0.2) is 0 Å². The highest BCUT2D eigenvalue weighted by Gasteiger charge is 2.28. The molecule has 1 saturated heterocycles. The number of fused-ring (bicyclic) bond motifs is 1. The van der Waals surface area contributed by atoms with Gasteiger partial charge in [0.1, 0.15) is 0 Å². The Balaban J connectivity index is 1.34. The Kier molecular flexibility index (Phi) is 5.64. The fourth-order valence-corrected chi connectivity index (χ4v) is 4.07. The van der Waals surface area contributed by atoms with E-state index in [4.69, 9.17) is 11.6 Å². The number of piperidine rings is 1. The molecule has 2 amide bonds. The number of rotatable bonds is 4. The smallest absolute Gasteiger partial charge is 0.253 e.